The lowest BCUT2D eigenvalue weighted by Crippen LogP contribution is -2.52. The van der Waals surface area contributed by atoms with Crippen molar-refractivity contribution in [3.05, 3.63) is 30.1 Å². The summed E-state index contributed by atoms with van der Waals surface area (Å²) in [4.78, 5) is 7.69. The maximum Gasteiger partial charge on any atom is 0.227 e. The Kier molecular flexibility index (Phi) is 8.29. The van der Waals surface area contributed by atoms with Gasteiger partial charge in [0.15, 0.2) is 17.3 Å². The minimum absolute atomic E-state index is 0.360. The van der Waals surface area contributed by atoms with E-state index >= 15 is 0 Å². The van der Waals surface area contributed by atoms with Gasteiger partial charge in [-0.05, 0) is 45.7 Å². The molecule has 5 rings (SSSR count). The molecular weight excluding hydrogens is 456 g/mol. The molecule has 36 heavy (non-hydrogen) atoms. The van der Waals surface area contributed by atoms with Gasteiger partial charge in [-0.1, -0.05) is 12.1 Å². The van der Waals surface area contributed by atoms with Gasteiger partial charge in [0.2, 0.25) is 5.95 Å². The molecule has 3 aliphatic rings. The summed E-state index contributed by atoms with van der Waals surface area (Å²) in [5.74, 6) is 3.81. The molecule has 3 fully saturated rings. The first kappa shape index (κ1) is 25.3. The molecule has 0 radical (unpaired) electrons. The second-order valence-electron chi connectivity index (χ2n) is 10.5. The maximum absolute atomic E-state index is 6.19. The standard InChI is InChI=1S/C27H42N6O3/c1-4-35-24-7-5-6-8-25(24)36-20-26-28-29-27(33(26)17-22-10-16-34-19-22)32-11-9-23(18-32)31-14-12-30(13-15-31)21(2)3/h5-8,21-23H,4,9-20H2,1-3H3. The average molecular weight is 499 g/mol. The molecule has 3 aliphatic heterocycles. The SMILES string of the molecule is CCOc1ccccc1OCc1nnc(N2CCC(N3CCN(C(C)C)CC3)C2)n1CC1CCOC1. The summed E-state index contributed by atoms with van der Waals surface area (Å²) < 4.78 is 19.9. The monoisotopic (exact) mass is 498 g/mol. The molecule has 1 aromatic heterocycles. The van der Waals surface area contributed by atoms with Crippen molar-refractivity contribution in [1.29, 1.82) is 0 Å². The first-order valence-corrected chi connectivity index (χ1v) is 13.7. The van der Waals surface area contributed by atoms with E-state index in [1.165, 1.54) is 6.42 Å². The quantitative estimate of drug-likeness (QED) is 0.495. The van der Waals surface area contributed by atoms with Crippen molar-refractivity contribution in [3.63, 3.8) is 0 Å². The van der Waals surface area contributed by atoms with Crippen LogP contribution in [0.3, 0.4) is 0 Å². The van der Waals surface area contributed by atoms with Gasteiger partial charge in [-0.25, -0.2) is 0 Å². The zero-order valence-corrected chi connectivity index (χ0v) is 22.1. The van der Waals surface area contributed by atoms with Gasteiger partial charge in [0.1, 0.15) is 6.61 Å². The number of nitrogens with zero attached hydrogens (tertiary/aromatic N) is 6. The van der Waals surface area contributed by atoms with Crippen LogP contribution in [0.15, 0.2) is 24.3 Å². The number of ether oxygens (including phenoxy) is 3. The van der Waals surface area contributed by atoms with Crippen molar-refractivity contribution in [1.82, 2.24) is 24.6 Å². The smallest absolute Gasteiger partial charge is 0.227 e. The van der Waals surface area contributed by atoms with Crippen LogP contribution in [0.4, 0.5) is 5.95 Å². The van der Waals surface area contributed by atoms with Gasteiger partial charge in [-0.2, -0.15) is 0 Å². The fourth-order valence-electron chi connectivity index (χ4n) is 5.67. The van der Waals surface area contributed by atoms with Crippen LogP contribution in [-0.4, -0.2) is 95.7 Å². The Morgan fingerprint density at radius 3 is 2.47 bits per heavy atom. The lowest BCUT2D eigenvalue weighted by atomic mass is 10.1. The zero-order chi connectivity index (χ0) is 24.9. The van der Waals surface area contributed by atoms with E-state index in [-0.39, 0.29) is 0 Å². The van der Waals surface area contributed by atoms with E-state index in [0.717, 1.165) is 88.7 Å². The van der Waals surface area contributed by atoms with Crippen LogP contribution in [-0.2, 0) is 17.9 Å². The lowest BCUT2D eigenvalue weighted by Gasteiger charge is -2.39. The molecule has 198 valence electrons. The van der Waals surface area contributed by atoms with E-state index in [4.69, 9.17) is 14.2 Å². The number of anilines is 1. The summed E-state index contributed by atoms with van der Waals surface area (Å²) >= 11 is 0. The van der Waals surface area contributed by atoms with Crippen molar-refractivity contribution in [2.75, 3.05) is 64.0 Å². The Morgan fingerprint density at radius 2 is 1.78 bits per heavy atom. The first-order chi connectivity index (χ1) is 17.6. The third-order valence-corrected chi connectivity index (χ3v) is 7.82. The van der Waals surface area contributed by atoms with Gasteiger partial charge < -0.3 is 19.1 Å². The highest BCUT2D eigenvalue weighted by molar-refractivity contribution is 5.39. The van der Waals surface area contributed by atoms with Gasteiger partial charge in [-0.15, -0.1) is 10.2 Å². The molecule has 0 spiro atoms. The molecule has 2 unspecified atom stereocenters. The molecule has 0 saturated carbocycles. The van der Waals surface area contributed by atoms with Gasteiger partial charge >= 0.3 is 0 Å². The van der Waals surface area contributed by atoms with Gasteiger partial charge in [0.25, 0.3) is 0 Å². The average Bonchev–Trinajstić information content (AvgIpc) is 3.66. The summed E-state index contributed by atoms with van der Waals surface area (Å²) in [5, 5.41) is 9.29. The predicted molar refractivity (Wildman–Crippen MR) is 140 cm³/mol. The molecule has 3 saturated heterocycles. The minimum atomic E-state index is 0.360. The molecule has 4 heterocycles. The van der Waals surface area contributed by atoms with E-state index in [1.54, 1.807) is 0 Å². The fourth-order valence-corrected chi connectivity index (χ4v) is 5.67. The van der Waals surface area contributed by atoms with Crippen LogP contribution in [0.5, 0.6) is 11.5 Å². The first-order valence-electron chi connectivity index (χ1n) is 13.7. The molecule has 2 atom stereocenters. The molecule has 0 N–H and O–H groups in total. The van der Waals surface area contributed by atoms with E-state index in [1.807, 2.05) is 31.2 Å². The number of hydrogen-bond donors (Lipinski definition) is 0. The Balaban J connectivity index is 1.28. The van der Waals surface area contributed by atoms with Gasteiger partial charge in [0, 0.05) is 70.4 Å². The summed E-state index contributed by atoms with van der Waals surface area (Å²) in [6, 6.07) is 9.03. The van der Waals surface area contributed by atoms with Crippen LogP contribution in [0.2, 0.25) is 0 Å². The summed E-state index contributed by atoms with van der Waals surface area (Å²) in [6.07, 6.45) is 2.25. The molecule has 2 aromatic rings. The summed E-state index contributed by atoms with van der Waals surface area (Å²) in [7, 11) is 0. The van der Waals surface area contributed by atoms with Crippen molar-refractivity contribution >= 4 is 5.95 Å². The van der Waals surface area contributed by atoms with Crippen LogP contribution in [0.1, 0.15) is 39.4 Å². The van der Waals surface area contributed by atoms with Gasteiger partial charge in [0.05, 0.1) is 13.2 Å². The second kappa shape index (κ2) is 11.8. The third kappa shape index (κ3) is 5.79. The minimum Gasteiger partial charge on any atom is -0.490 e. The van der Waals surface area contributed by atoms with Crippen LogP contribution in [0.25, 0.3) is 0 Å². The number of benzene rings is 1. The summed E-state index contributed by atoms with van der Waals surface area (Å²) in [5.41, 5.74) is 0. The molecular formula is C27H42N6O3. The van der Waals surface area contributed by atoms with E-state index in [9.17, 15) is 0 Å². The van der Waals surface area contributed by atoms with Gasteiger partial charge in [-0.3, -0.25) is 14.4 Å². The Bertz CT molecular complexity index is 968. The Hall–Kier alpha value is -2.36. The number of aromatic nitrogens is 3. The second-order valence-corrected chi connectivity index (χ2v) is 10.5. The largest absolute Gasteiger partial charge is 0.490 e. The molecule has 9 nitrogen and oxygen atoms in total. The number of para-hydroxylation sites is 2. The van der Waals surface area contributed by atoms with E-state index in [2.05, 4.69) is 43.3 Å². The molecule has 0 aliphatic carbocycles. The van der Waals surface area contributed by atoms with Crippen molar-refractivity contribution < 1.29 is 14.2 Å². The highest BCUT2D eigenvalue weighted by Gasteiger charge is 2.33. The van der Waals surface area contributed by atoms with Crippen molar-refractivity contribution in [2.45, 2.75) is 58.8 Å². The number of piperazine rings is 1. The molecule has 1 aromatic carbocycles. The fraction of sp³-hybridized carbons (Fsp3) is 0.704. The zero-order valence-electron chi connectivity index (χ0n) is 22.1. The van der Waals surface area contributed by atoms with Crippen molar-refractivity contribution in [2.24, 2.45) is 5.92 Å². The highest BCUT2D eigenvalue weighted by atomic mass is 16.5. The maximum atomic E-state index is 6.19. The van der Waals surface area contributed by atoms with Crippen LogP contribution >= 0.6 is 0 Å². The van der Waals surface area contributed by atoms with E-state index in [0.29, 0.717) is 31.2 Å². The molecule has 0 amide bonds. The lowest BCUT2D eigenvalue weighted by molar-refractivity contribution is 0.0842. The molecule has 0 bridgehead atoms. The Morgan fingerprint density at radius 1 is 1.00 bits per heavy atom. The predicted octanol–water partition coefficient (Wildman–Crippen LogP) is 2.90. The van der Waals surface area contributed by atoms with Crippen LogP contribution < -0.4 is 14.4 Å². The van der Waals surface area contributed by atoms with E-state index < -0.39 is 0 Å². The normalized spacial score (nSPS) is 23.6. The van der Waals surface area contributed by atoms with Crippen molar-refractivity contribution in [3.8, 4) is 11.5 Å². The molecule has 9 heteroatoms. The topological polar surface area (TPSA) is 68.1 Å². The van der Waals surface area contributed by atoms with Crippen LogP contribution in [0, 0.1) is 5.92 Å². The number of hydrogen-bond acceptors (Lipinski definition) is 8. The highest BCUT2D eigenvalue weighted by Crippen LogP contribution is 2.29. The Labute approximate surface area is 215 Å². The third-order valence-electron chi connectivity index (χ3n) is 7.82. The number of rotatable bonds is 10. The summed E-state index contributed by atoms with van der Waals surface area (Å²) in [6.45, 7) is 16.7.